The van der Waals surface area contributed by atoms with Crippen LogP contribution < -0.4 is 4.43 Å². The summed E-state index contributed by atoms with van der Waals surface area (Å²) in [5.74, 6) is 0.0398. The Morgan fingerprint density at radius 1 is 1.46 bits per heavy atom. The monoisotopic (exact) mass is 241 g/mol. The normalized spacial score (nSPS) is 10.5. The third kappa shape index (κ3) is 1.50. The van der Waals surface area contributed by atoms with Gasteiger partial charge in [-0.05, 0) is 0 Å². The van der Waals surface area contributed by atoms with E-state index in [-0.39, 0.29) is 24.7 Å². The zero-order chi connectivity index (χ0) is 9.42. The maximum atomic E-state index is 11.0. The van der Waals surface area contributed by atoms with Gasteiger partial charge in [0.15, 0.2) is 0 Å². The molecule has 1 aromatic heterocycles. The molecule has 0 unspecified atom stereocenters. The maximum absolute atomic E-state index is 11.0. The van der Waals surface area contributed by atoms with Crippen LogP contribution >= 0.6 is 0 Å². The first kappa shape index (κ1) is 8.48. The summed E-state index contributed by atoms with van der Waals surface area (Å²) in [5.41, 5.74) is 1.53. The third-order valence-electron chi connectivity index (χ3n) is 1.83. The Kier molecular flexibility index (Phi) is 1.94. The van der Waals surface area contributed by atoms with Gasteiger partial charge in [0.05, 0.1) is 0 Å². The fourth-order valence-electron chi connectivity index (χ4n) is 1.16. The molecule has 0 amide bonds. The molecular weight excluding hydrogens is 233 g/mol. The molecule has 0 saturated heterocycles. The van der Waals surface area contributed by atoms with Crippen molar-refractivity contribution in [2.45, 2.75) is 6.92 Å². The summed E-state index contributed by atoms with van der Waals surface area (Å²) in [6.07, 6.45) is 0. The molecule has 0 spiro atoms. The SMILES string of the molecule is CC(=O)c1ccc2[nH]c(=O)[se]c2c1. The number of aromatic nitrogens is 1. The van der Waals surface area contributed by atoms with Crippen LogP contribution in [0.25, 0.3) is 9.78 Å². The molecule has 1 heterocycles. The molecule has 66 valence electrons. The van der Waals surface area contributed by atoms with Crippen molar-refractivity contribution in [2.24, 2.45) is 0 Å². The van der Waals surface area contributed by atoms with E-state index in [1.165, 1.54) is 6.92 Å². The standard InChI is InChI=1S/C9H7NO2Se/c1-5(11)6-2-3-7-8(4-6)13-9(12)10-7/h2-4H,1H3,(H,10,12). The van der Waals surface area contributed by atoms with Crippen LogP contribution in [0.3, 0.4) is 0 Å². The van der Waals surface area contributed by atoms with E-state index >= 15 is 0 Å². The number of carbonyl (C=O) groups is 1. The summed E-state index contributed by atoms with van der Waals surface area (Å²) < 4.78 is 1.04. The van der Waals surface area contributed by atoms with Crippen LogP contribution in [0.15, 0.2) is 23.0 Å². The van der Waals surface area contributed by atoms with E-state index in [2.05, 4.69) is 4.98 Å². The molecule has 13 heavy (non-hydrogen) atoms. The van der Waals surface area contributed by atoms with Gasteiger partial charge in [-0.25, -0.2) is 0 Å². The van der Waals surface area contributed by atoms with Crippen LogP contribution in [-0.2, 0) is 0 Å². The van der Waals surface area contributed by atoms with Crippen LogP contribution in [-0.4, -0.2) is 25.3 Å². The number of nitrogens with one attached hydrogen (secondary N) is 1. The topological polar surface area (TPSA) is 49.9 Å². The van der Waals surface area contributed by atoms with Gasteiger partial charge < -0.3 is 0 Å². The van der Waals surface area contributed by atoms with Gasteiger partial charge in [-0.1, -0.05) is 0 Å². The number of H-pyrrole nitrogens is 1. The summed E-state index contributed by atoms with van der Waals surface area (Å²) >= 11 is -0.166. The van der Waals surface area contributed by atoms with E-state index in [1.807, 2.05) is 0 Å². The van der Waals surface area contributed by atoms with Gasteiger partial charge >= 0.3 is 79.8 Å². The van der Waals surface area contributed by atoms with Crippen molar-refractivity contribution in [2.75, 3.05) is 0 Å². The van der Waals surface area contributed by atoms with Crippen molar-refractivity contribution >= 4 is 30.1 Å². The van der Waals surface area contributed by atoms with Crippen molar-refractivity contribution in [3.05, 3.63) is 33.0 Å². The second kappa shape index (κ2) is 2.98. The molecule has 0 atom stereocenters. The molecule has 2 rings (SSSR count). The minimum absolute atomic E-state index is 0.0398. The zero-order valence-corrected chi connectivity index (χ0v) is 8.67. The summed E-state index contributed by atoms with van der Waals surface area (Å²) in [6.45, 7) is 1.53. The van der Waals surface area contributed by atoms with Gasteiger partial charge in [0.25, 0.3) is 0 Å². The number of ketones is 1. The van der Waals surface area contributed by atoms with Crippen molar-refractivity contribution < 1.29 is 4.79 Å². The first-order valence-corrected chi connectivity index (χ1v) is 5.52. The predicted octanol–water partition coefficient (Wildman–Crippen LogP) is 0.788. The second-order valence-electron chi connectivity index (χ2n) is 2.78. The van der Waals surface area contributed by atoms with Gasteiger partial charge in [-0.15, -0.1) is 0 Å². The fraction of sp³-hybridized carbons (Fsp3) is 0.111. The Bertz CT molecular complexity index is 524. The minimum atomic E-state index is -0.166. The van der Waals surface area contributed by atoms with Crippen LogP contribution in [0.1, 0.15) is 17.3 Å². The summed E-state index contributed by atoms with van der Waals surface area (Å²) in [4.78, 5) is 24.8. The van der Waals surface area contributed by atoms with Gasteiger partial charge in [-0.3, -0.25) is 0 Å². The first-order valence-electron chi connectivity index (χ1n) is 3.80. The van der Waals surface area contributed by atoms with Gasteiger partial charge in [0, 0.05) is 0 Å². The van der Waals surface area contributed by atoms with Crippen LogP contribution in [0.2, 0.25) is 0 Å². The molecular formula is C9H7NO2Se. The molecule has 0 fully saturated rings. The second-order valence-corrected chi connectivity index (χ2v) is 4.91. The number of hydrogen-bond donors (Lipinski definition) is 1. The van der Waals surface area contributed by atoms with Gasteiger partial charge in [-0.2, -0.15) is 0 Å². The Labute approximate surface area is 80.1 Å². The number of fused-ring (bicyclic) bond motifs is 1. The average molecular weight is 240 g/mol. The molecule has 0 aliphatic heterocycles. The van der Waals surface area contributed by atoms with Crippen LogP contribution in [0.5, 0.6) is 0 Å². The van der Waals surface area contributed by atoms with E-state index in [4.69, 9.17) is 0 Å². The number of Topliss-reactive ketones (excluding diaryl/α,β-unsaturated/α-hetero) is 1. The van der Waals surface area contributed by atoms with E-state index in [9.17, 15) is 9.59 Å². The molecule has 3 nitrogen and oxygen atoms in total. The zero-order valence-electron chi connectivity index (χ0n) is 6.96. The first-order chi connectivity index (χ1) is 6.16. The average Bonchev–Trinajstić information content (AvgIpc) is 2.42. The molecule has 0 aliphatic rings. The Hall–Kier alpha value is -1.12. The van der Waals surface area contributed by atoms with E-state index in [1.54, 1.807) is 18.2 Å². The predicted molar refractivity (Wildman–Crippen MR) is 51.5 cm³/mol. The molecule has 4 heteroatoms. The molecule has 1 N–H and O–H groups in total. The van der Waals surface area contributed by atoms with Gasteiger partial charge in [0.2, 0.25) is 0 Å². The quantitative estimate of drug-likeness (QED) is 0.591. The summed E-state index contributed by atoms with van der Waals surface area (Å²) in [6, 6.07) is 5.33. The van der Waals surface area contributed by atoms with Crippen molar-refractivity contribution in [3.8, 4) is 0 Å². The Balaban J connectivity index is 2.74. The van der Waals surface area contributed by atoms with Crippen molar-refractivity contribution in [3.63, 3.8) is 0 Å². The van der Waals surface area contributed by atoms with E-state index in [0.29, 0.717) is 5.56 Å². The molecule has 0 aliphatic carbocycles. The third-order valence-corrected chi connectivity index (χ3v) is 3.60. The molecule has 1 aromatic carbocycles. The number of carbonyl (C=O) groups excluding carboxylic acids is 1. The molecule has 0 saturated carbocycles. The number of benzene rings is 1. The number of aromatic amines is 1. The van der Waals surface area contributed by atoms with Crippen molar-refractivity contribution in [1.29, 1.82) is 0 Å². The number of rotatable bonds is 1. The van der Waals surface area contributed by atoms with E-state index < -0.39 is 0 Å². The summed E-state index contributed by atoms with van der Waals surface area (Å²) in [7, 11) is 0. The van der Waals surface area contributed by atoms with Crippen LogP contribution in [0.4, 0.5) is 0 Å². The Morgan fingerprint density at radius 2 is 2.23 bits per heavy atom. The van der Waals surface area contributed by atoms with Gasteiger partial charge in [0.1, 0.15) is 0 Å². The van der Waals surface area contributed by atoms with Crippen LogP contribution in [0, 0.1) is 0 Å². The van der Waals surface area contributed by atoms with E-state index in [0.717, 1.165) is 9.78 Å². The number of hydrogen-bond acceptors (Lipinski definition) is 2. The van der Waals surface area contributed by atoms with Crippen molar-refractivity contribution in [1.82, 2.24) is 4.98 Å². The fourth-order valence-corrected chi connectivity index (χ4v) is 2.79. The summed E-state index contributed by atoms with van der Waals surface area (Å²) in [5, 5.41) is 0. The molecule has 0 radical (unpaired) electrons. The molecule has 2 aromatic rings. The Morgan fingerprint density at radius 3 is 2.92 bits per heavy atom. The molecule has 0 bridgehead atoms.